The number of benzene rings is 1. The number of phenols is 1. The Morgan fingerprint density at radius 3 is 2.57 bits per heavy atom. The Bertz CT molecular complexity index is 762. The van der Waals surface area contributed by atoms with Crippen molar-refractivity contribution in [1.29, 1.82) is 0 Å². The second-order valence-corrected chi connectivity index (χ2v) is 8.58. The van der Waals surface area contributed by atoms with E-state index in [2.05, 4.69) is 41.4 Å². The molecule has 30 heavy (non-hydrogen) atoms. The number of H-pyrrole nitrogens is 1. The molecule has 8 heteroatoms. The molecule has 0 spiro atoms. The molecule has 1 aliphatic rings. The van der Waals surface area contributed by atoms with Gasteiger partial charge in [0.25, 0.3) is 0 Å². The third-order valence-corrected chi connectivity index (χ3v) is 5.77. The van der Waals surface area contributed by atoms with Gasteiger partial charge in [0, 0.05) is 11.5 Å². The van der Waals surface area contributed by atoms with Crippen LogP contribution in [0.3, 0.4) is 0 Å². The fourth-order valence-electron chi connectivity index (χ4n) is 3.87. The summed E-state index contributed by atoms with van der Waals surface area (Å²) in [6.07, 6.45) is 9.74. The SMILES string of the molecule is CCc1cc(OC2CCCC2)c(O)cc1OCCCCCC(C)(C)c1nn[nH]n1.[NaH]. The Morgan fingerprint density at radius 1 is 1.13 bits per heavy atom. The van der Waals surface area contributed by atoms with E-state index in [1.165, 1.54) is 12.8 Å². The van der Waals surface area contributed by atoms with Crippen molar-refractivity contribution in [3.63, 3.8) is 0 Å². The molecule has 1 aromatic heterocycles. The number of ether oxygens (including phenoxy) is 2. The van der Waals surface area contributed by atoms with Crippen molar-refractivity contribution >= 4 is 29.6 Å². The van der Waals surface area contributed by atoms with Crippen LogP contribution in [0.15, 0.2) is 12.1 Å². The minimum absolute atomic E-state index is 0. The van der Waals surface area contributed by atoms with E-state index in [4.69, 9.17) is 9.47 Å². The van der Waals surface area contributed by atoms with Gasteiger partial charge in [-0.3, -0.25) is 0 Å². The van der Waals surface area contributed by atoms with Crippen LogP contribution in [0.4, 0.5) is 0 Å². The Hall–Kier alpha value is -1.31. The minimum atomic E-state index is -0.0792. The predicted molar refractivity (Wildman–Crippen MR) is 119 cm³/mol. The average molecular weight is 427 g/mol. The molecule has 1 aliphatic carbocycles. The van der Waals surface area contributed by atoms with E-state index in [9.17, 15) is 5.11 Å². The molecule has 0 atom stereocenters. The fourth-order valence-corrected chi connectivity index (χ4v) is 3.87. The summed E-state index contributed by atoms with van der Waals surface area (Å²) in [5.74, 6) is 2.28. The molecule has 0 bridgehead atoms. The first-order valence-electron chi connectivity index (χ1n) is 10.9. The second kappa shape index (κ2) is 11.9. The summed E-state index contributed by atoms with van der Waals surface area (Å²) in [5, 5.41) is 24.8. The van der Waals surface area contributed by atoms with Crippen LogP contribution in [0, 0.1) is 0 Å². The number of aromatic nitrogens is 4. The van der Waals surface area contributed by atoms with E-state index < -0.39 is 0 Å². The van der Waals surface area contributed by atoms with Crippen molar-refractivity contribution < 1.29 is 14.6 Å². The maximum atomic E-state index is 10.4. The summed E-state index contributed by atoms with van der Waals surface area (Å²) < 4.78 is 12.0. The summed E-state index contributed by atoms with van der Waals surface area (Å²) >= 11 is 0. The molecule has 2 N–H and O–H groups in total. The molecule has 0 amide bonds. The average Bonchev–Trinajstić information content (AvgIpc) is 3.40. The van der Waals surface area contributed by atoms with E-state index in [0.717, 1.165) is 62.1 Å². The van der Waals surface area contributed by atoms with Gasteiger partial charge in [-0.2, -0.15) is 5.21 Å². The van der Waals surface area contributed by atoms with Crippen LogP contribution in [0.25, 0.3) is 0 Å². The number of hydrogen-bond donors (Lipinski definition) is 2. The van der Waals surface area contributed by atoms with Crippen molar-refractivity contribution in [2.75, 3.05) is 6.61 Å². The van der Waals surface area contributed by atoms with Crippen LogP contribution in [0.5, 0.6) is 17.2 Å². The van der Waals surface area contributed by atoms with Crippen LogP contribution in [0.1, 0.15) is 83.5 Å². The Balaban J connectivity index is 0.00000320. The number of phenolic OH excluding ortho intramolecular Hbond substituents is 1. The first kappa shape index (κ1) is 25.0. The Labute approximate surface area is 201 Å². The third kappa shape index (κ3) is 6.86. The topological polar surface area (TPSA) is 93.1 Å². The maximum absolute atomic E-state index is 10.4. The summed E-state index contributed by atoms with van der Waals surface area (Å²) in [7, 11) is 0. The van der Waals surface area contributed by atoms with E-state index in [1.807, 2.05) is 6.07 Å². The summed E-state index contributed by atoms with van der Waals surface area (Å²) in [6, 6.07) is 3.65. The normalized spacial score (nSPS) is 14.5. The molecule has 3 rings (SSSR count). The molecule has 1 fully saturated rings. The first-order chi connectivity index (χ1) is 14.0. The monoisotopic (exact) mass is 426 g/mol. The van der Waals surface area contributed by atoms with Gasteiger partial charge in [-0.1, -0.05) is 38.8 Å². The quantitative estimate of drug-likeness (QED) is 0.416. The molecule has 7 nitrogen and oxygen atoms in total. The second-order valence-electron chi connectivity index (χ2n) is 8.58. The number of aryl methyl sites for hydroxylation is 1. The molecule has 0 aliphatic heterocycles. The summed E-state index contributed by atoms with van der Waals surface area (Å²) in [6.45, 7) is 7.01. The molecule has 0 unspecified atom stereocenters. The van der Waals surface area contributed by atoms with Gasteiger partial charge < -0.3 is 14.6 Å². The van der Waals surface area contributed by atoms with Gasteiger partial charge >= 0.3 is 29.6 Å². The zero-order valence-corrected chi connectivity index (χ0v) is 17.9. The first-order valence-corrected chi connectivity index (χ1v) is 10.9. The van der Waals surface area contributed by atoms with Crippen LogP contribution in [-0.4, -0.2) is 68.0 Å². The summed E-state index contributed by atoms with van der Waals surface area (Å²) in [4.78, 5) is 0. The van der Waals surface area contributed by atoms with E-state index >= 15 is 0 Å². The molecule has 1 aromatic carbocycles. The number of hydrogen-bond acceptors (Lipinski definition) is 6. The van der Waals surface area contributed by atoms with Crippen molar-refractivity contribution in [3.05, 3.63) is 23.5 Å². The van der Waals surface area contributed by atoms with Crippen LogP contribution < -0.4 is 9.47 Å². The van der Waals surface area contributed by atoms with Gasteiger partial charge in [0.2, 0.25) is 0 Å². The molecule has 0 radical (unpaired) electrons. The van der Waals surface area contributed by atoms with Crippen molar-refractivity contribution in [2.45, 2.75) is 90.1 Å². The van der Waals surface area contributed by atoms with Gasteiger partial charge in [0.05, 0.1) is 12.7 Å². The Kier molecular flexibility index (Phi) is 9.91. The molecular weight excluding hydrogens is 391 g/mol. The van der Waals surface area contributed by atoms with Gasteiger partial charge in [0.1, 0.15) is 5.75 Å². The van der Waals surface area contributed by atoms with E-state index in [-0.39, 0.29) is 46.8 Å². The predicted octanol–water partition coefficient (Wildman–Crippen LogP) is 4.06. The van der Waals surface area contributed by atoms with Crippen LogP contribution >= 0.6 is 0 Å². The molecular formula is C22H35N4NaO3. The third-order valence-electron chi connectivity index (χ3n) is 5.77. The summed E-state index contributed by atoms with van der Waals surface area (Å²) in [5.41, 5.74) is 0.999. The fraction of sp³-hybridized carbons (Fsp3) is 0.682. The molecule has 1 saturated carbocycles. The zero-order valence-electron chi connectivity index (χ0n) is 17.9. The van der Waals surface area contributed by atoms with Gasteiger partial charge in [0.15, 0.2) is 17.3 Å². The number of aromatic hydroxyl groups is 1. The molecule has 2 aromatic rings. The van der Waals surface area contributed by atoms with Crippen molar-refractivity contribution in [1.82, 2.24) is 20.6 Å². The van der Waals surface area contributed by atoms with E-state index in [1.54, 1.807) is 6.07 Å². The number of tetrazole rings is 1. The number of nitrogens with zero attached hydrogens (tertiary/aromatic N) is 3. The number of rotatable bonds is 11. The van der Waals surface area contributed by atoms with Gasteiger partial charge in [-0.25, -0.2) is 0 Å². The number of aromatic amines is 1. The van der Waals surface area contributed by atoms with E-state index in [0.29, 0.717) is 12.4 Å². The zero-order chi connectivity index (χ0) is 20.7. The van der Waals surface area contributed by atoms with Gasteiger partial charge in [-0.15, -0.1) is 10.2 Å². The molecule has 0 saturated heterocycles. The number of unbranched alkanes of at least 4 members (excludes halogenated alkanes) is 2. The van der Waals surface area contributed by atoms with Crippen molar-refractivity contribution in [2.24, 2.45) is 0 Å². The molecule has 1 heterocycles. The van der Waals surface area contributed by atoms with Gasteiger partial charge in [-0.05, 0) is 56.6 Å². The van der Waals surface area contributed by atoms with Crippen LogP contribution in [-0.2, 0) is 11.8 Å². The number of nitrogens with one attached hydrogen (secondary N) is 1. The van der Waals surface area contributed by atoms with Crippen LogP contribution in [0.2, 0.25) is 0 Å². The Morgan fingerprint density at radius 2 is 1.90 bits per heavy atom. The van der Waals surface area contributed by atoms with Crippen molar-refractivity contribution in [3.8, 4) is 17.2 Å². The molecule has 162 valence electrons. The standard InChI is InChI=1S/C22H34N4O3.Na.H/c1-4-16-14-20(29-17-10-6-7-11-17)18(27)15-19(16)28-13-9-5-8-12-22(2,3)21-23-25-26-24-21;;/h14-15,17,27H,4-13H2,1-3H3,(H,23,24,25,26);;.